The summed E-state index contributed by atoms with van der Waals surface area (Å²) in [6.45, 7) is 14.5. The number of amides is 1. The lowest BCUT2D eigenvalue weighted by Gasteiger charge is -2.35. The number of rotatable bonds is 9. The van der Waals surface area contributed by atoms with Gasteiger partial charge in [-0.3, -0.25) is 9.63 Å². The van der Waals surface area contributed by atoms with E-state index in [0.717, 1.165) is 31.2 Å². The van der Waals surface area contributed by atoms with Crippen molar-refractivity contribution in [2.24, 2.45) is 17.8 Å². The van der Waals surface area contributed by atoms with Crippen molar-refractivity contribution < 1.29 is 18.0 Å². The molecule has 0 bridgehead atoms. The Morgan fingerprint density at radius 3 is 2.33 bits per heavy atom. The normalized spacial score (nSPS) is 26.1. The van der Waals surface area contributed by atoms with Gasteiger partial charge in [0.1, 0.15) is 0 Å². The Morgan fingerprint density at radius 2 is 1.76 bits per heavy atom. The summed E-state index contributed by atoms with van der Waals surface area (Å²) in [5, 5.41) is 1.56. The molecule has 0 radical (unpaired) electrons. The van der Waals surface area contributed by atoms with Gasteiger partial charge in [-0.05, 0) is 45.2 Å². The molecule has 0 aliphatic carbocycles. The van der Waals surface area contributed by atoms with E-state index in [9.17, 15) is 13.2 Å². The third kappa shape index (κ3) is 5.15. The van der Waals surface area contributed by atoms with Gasteiger partial charge in [0, 0.05) is 18.4 Å². The number of fused-ring (bicyclic) bond motifs is 1. The fourth-order valence-electron chi connectivity index (χ4n) is 5.39. The van der Waals surface area contributed by atoms with Gasteiger partial charge in [0.15, 0.2) is 0 Å². The molecule has 0 N–H and O–H groups in total. The average Bonchev–Trinajstić information content (AvgIpc) is 3.27. The van der Waals surface area contributed by atoms with Crippen LogP contribution in [0, 0.1) is 24.7 Å². The quantitative estimate of drug-likeness (QED) is 0.459. The van der Waals surface area contributed by atoms with E-state index in [1.165, 1.54) is 6.42 Å². The van der Waals surface area contributed by atoms with Gasteiger partial charge in [0.05, 0.1) is 22.6 Å². The van der Waals surface area contributed by atoms with Crippen LogP contribution in [-0.2, 0) is 19.7 Å². The Labute approximate surface area is 200 Å². The molecular formula is C26H42N2O4S. The van der Waals surface area contributed by atoms with Crippen LogP contribution in [-0.4, -0.2) is 47.9 Å². The molecule has 186 valence electrons. The molecule has 2 aliphatic rings. The number of unbranched alkanes of at least 4 members (excludes halogenated alkanes) is 3. The minimum absolute atomic E-state index is 0.0210. The first-order valence-corrected chi connectivity index (χ1v) is 14.0. The summed E-state index contributed by atoms with van der Waals surface area (Å²) in [6.07, 6.45) is 5.32. The van der Waals surface area contributed by atoms with Gasteiger partial charge in [-0.25, -0.2) is 13.5 Å². The van der Waals surface area contributed by atoms with E-state index in [0.29, 0.717) is 11.4 Å². The van der Waals surface area contributed by atoms with Gasteiger partial charge in [-0.1, -0.05) is 71.1 Å². The largest absolute Gasteiger partial charge is 0.272 e. The third-order valence-electron chi connectivity index (χ3n) is 7.41. The Hall–Kier alpha value is -1.44. The predicted octanol–water partition coefficient (Wildman–Crippen LogP) is 5.17. The van der Waals surface area contributed by atoms with Gasteiger partial charge in [-0.2, -0.15) is 4.31 Å². The summed E-state index contributed by atoms with van der Waals surface area (Å²) in [5.41, 5.74) is 0.402. The molecule has 0 saturated carbocycles. The summed E-state index contributed by atoms with van der Waals surface area (Å²) in [5.74, 6) is -0.214. The molecule has 2 fully saturated rings. The van der Waals surface area contributed by atoms with E-state index in [-0.39, 0.29) is 35.7 Å². The van der Waals surface area contributed by atoms with Crippen molar-refractivity contribution in [3.05, 3.63) is 29.8 Å². The Morgan fingerprint density at radius 1 is 1.12 bits per heavy atom. The van der Waals surface area contributed by atoms with Crippen LogP contribution in [0.5, 0.6) is 0 Å². The molecule has 0 unspecified atom stereocenters. The van der Waals surface area contributed by atoms with Crippen molar-refractivity contribution in [3.8, 4) is 0 Å². The number of hydrogen-bond acceptors (Lipinski definition) is 4. The zero-order valence-electron chi connectivity index (χ0n) is 21.4. The second-order valence-electron chi connectivity index (χ2n) is 10.8. The number of carbonyl (C=O) groups is 1. The lowest BCUT2D eigenvalue weighted by Crippen LogP contribution is -2.51. The van der Waals surface area contributed by atoms with Gasteiger partial charge in [0.2, 0.25) is 15.9 Å². The van der Waals surface area contributed by atoms with Crippen LogP contribution in [0.1, 0.15) is 79.2 Å². The van der Waals surface area contributed by atoms with Crippen LogP contribution in [0.15, 0.2) is 29.2 Å². The number of hydrogen-bond donors (Lipinski definition) is 0. The van der Waals surface area contributed by atoms with Crippen molar-refractivity contribution in [1.29, 1.82) is 0 Å². The van der Waals surface area contributed by atoms with Crippen molar-refractivity contribution in [2.45, 2.75) is 103 Å². The minimum Gasteiger partial charge on any atom is -0.272 e. The lowest BCUT2D eigenvalue weighted by atomic mass is 9.83. The highest BCUT2D eigenvalue weighted by atomic mass is 32.2. The molecule has 0 aromatic heterocycles. The molecule has 2 heterocycles. The second-order valence-corrected chi connectivity index (χ2v) is 12.7. The first-order chi connectivity index (χ1) is 15.4. The third-order valence-corrected chi connectivity index (χ3v) is 9.29. The number of aryl methyl sites for hydroxylation is 1. The summed E-state index contributed by atoms with van der Waals surface area (Å²) in [6, 6.07) is 6.40. The highest BCUT2D eigenvalue weighted by Crippen LogP contribution is 2.48. The van der Waals surface area contributed by atoms with Crippen LogP contribution in [0.3, 0.4) is 0 Å². The van der Waals surface area contributed by atoms with Crippen LogP contribution in [0.2, 0.25) is 0 Å². The van der Waals surface area contributed by atoms with E-state index in [2.05, 4.69) is 6.92 Å². The van der Waals surface area contributed by atoms with E-state index in [4.69, 9.17) is 4.84 Å². The molecule has 1 amide bonds. The highest BCUT2D eigenvalue weighted by Gasteiger charge is 2.62. The Balaban J connectivity index is 1.90. The van der Waals surface area contributed by atoms with Gasteiger partial charge < -0.3 is 0 Å². The molecule has 3 rings (SSSR count). The zero-order valence-corrected chi connectivity index (χ0v) is 22.2. The van der Waals surface area contributed by atoms with E-state index in [1.54, 1.807) is 21.5 Å². The van der Waals surface area contributed by atoms with E-state index >= 15 is 0 Å². The van der Waals surface area contributed by atoms with E-state index in [1.807, 2.05) is 53.7 Å². The molecule has 4 atom stereocenters. The van der Waals surface area contributed by atoms with Crippen LogP contribution >= 0.6 is 0 Å². The average molecular weight is 479 g/mol. The first-order valence-electron chi connectivity index (χ1n) is 12.5. The van der Waals surface area contributed by atoms with E-state index < -0.39 is 15.6 Å². The monoisotopic (exact) mass is 478 g/mol. The summed E-state index contributed by atoms with van der Waals surface area (Å²) in [4.78, 5) is 20.1. The molecule has 2 aliphatic heterocycles. The van der Waals surface area contributed by atoms with Crippen LogP contribution in [0.25, 0.3) is 0 Å². The van der Waals surface area contributed by atoms with Crippen molar-refractivity contribution in [1.82, 2.24) is 9.37 Å². The molecule has 7 heteroatoms. The first kappa shape index (κ1) is 26.2. The van der Waals surface area contributed by atoms with Gasteiger partial charge in [-0.15, -0.1) is 0 Å². The van der Waals surface area contributed by atoms with Crippen molar-refractivity contribution in [3.63, 3.8) is 0 Å². The zero-order chi connectivity index (χ0) is 24.6. The molecular weight excluding hydrogens is 436 g/mol. The molecule has 0 spiro atoms. The molecule has 6 nitrogen and oxygen atoms in total. The van der Waals surface area contributed by atoms with Crippen molar-refractivity contribution >= 4 is 15.9 Å². The van der Waals surface area contributed by atoms with Crippen molar-refractivity contribution in [2.75, 3.05) is 6.54 Å². The van der Waals surface area contributed by atoms with Crippen LogP contribution in [0.4, 0.5) is 0 Å². The predicted molar refractivity (Wildman–Crippen MR) is 131 cm³/mol. The maximum atomic E-state index is 13.7. The standard InChI is InChI=1S/C26H42N2O4S/c1-8-9-10-11-12-20(5)25(29)28-24-22(26(6,7)32-28)17-27(23(24)18(2)3)33(30,31)21-15-13-19(4)14-16-21/h13-16,18,20,22-24H,8-12,17H2,1-7H3/t20-,22-,23+,24-/m1/s1. The number of sulfonamides is 1. The van der Waals surface area contributed by atoms with Gasteiger partial charge in [0.25, 0.3) is 0 Å². The fourth-order valence-corrected chi connectivity index (χ4v) is 7.18. The minimum atomic E-state index is -3.69. The lowest BCUT2D eigenvalue weighted by molar-refractivity contribution is -0.213. The van der Waals surface area contributed by atoms with Crippen LogP contribution < -0.4 is 0 Å². The maximum absolute atomic E-state index is 13.7. The fraction of sp³-hybridized carbons (Fsp3) is 0.731. The number of carbonyl (C=O) groups excluding carboxylic acids is 1. The summed E-state index contributed by atoms with van der Waals surface area (Å²) >= 11 is 0. The molecule has 1 aromatic carbocycles. The highest BCUT2D eigenvalue weighted by molar-refractivity contribution is 7.89. The SMILES string of the molecule is CCCCCC[C@@H](C)C(=O)N1OC(C)(C)[C@@H]2CN(S(=O)(=O)c3ccc(C)cc3)[C@@H](C(C)C)[C@@H]21. The maximum Gasteiger partial charge on any atom is 0.249 e. The topological polar surface area (TPSA) is 66.9 Å². The Kier molecular flexibility index (Phi) is 7.97. The Bertz CT molecular complexity index is 926. The molecule has 2 saturated heterocycles. The number of benzene rings is 1. The number of nitrogens with zero attached hydrogens (tertiary/aromatic N) is 2. The smallest absolute Gasteiger partial charge is 0.249 e. The molecule has 33 heavy (non-hydrogen) atoms. The summed E-state index contributed by atoms with van der Waals surface area (Å²) in [7, 11) is -3.69. The summed E-state index contributed by atoms with van der Waals surface area (Å²) < 4.78 is 29.0. The van der Waals surface area contributed by atoms with Gasteiger partial charge >= 0.3 is 0 Å². The molecule has 1 aromatic rings. The number of hydroxylamine groups is 2. The second kappa shape index (κ2) is 10.0.